The number of hydrogen-bond donors (Lipinski definition) is 1. The Morgan fingerprint density at radius 1 is 1.16 bits per heavy atom. The molecule has 2 saturated carbocycles. The summed E-state index contributed by atoms with van der Waals surface area (Å²) in [5.74, 6) is 3.84. The second-order valence-electron chi connectivity index (χ2n) is 6.11. The minimum atomic E-state index is 0.576. The molecular formula is C15H16Cl2N2. The molecule has 0 aliphatic heterocycles. The van der Waals surface area contributed by atoms with Gasteiger partial charge in [0.1, 0.15) is 5.82 Å². The smallest absolute Gasteiger partial charge is 0.107 e. The lowest BCUT2D eigenvalue weighted by Gasteiger charge is -2.20. The molecule has 4 heteroatoms. The molecule has 1 aromatic carbocycles. The maximum Gasteiger partial charge on any atom is 0.107 e. The predicted molar refractivity (Wildman–Crippen MR) is 78.8 cm³/mol. The number of rotatable bonds is 2. The van der Waals surface area contributed by atoms with E-state index in [2.05, 4.69) is 9.97 Å². The van der Waals surface area contributed by atoms with Gasteiger partial charge < -0.3 is 4.98 Å². The van der Waals surface area contributed by atoms with Crippen LogP contribution in [0.15, 0.2) is 12.1 Å². The molecule has 0 saturated heterocycles. The highest BCUT2D eigenvalue weighted by atomic mass is 35.5. The maximum atomic E-state index is 6.04. The molecule has 4 rings (SSSR count). The first-order valence-corrected chi connectivity index (χ1v) is 7.78. The summed E-state index contributed by atoms with van der Waals surface area (Å²) in [6.45, 7) is 0. The molecule has 2 aliphatic carbocycles. The number of benzene rings is 1. The summed E-state index contributed by atoms with van der Waals surface area (Å²) >= 11 is 12.1. The summed E-state index contributed by atoms with van der Waals surface area (Å²) in [7, 11) is 0. The molecule has 1 heterocycles. The molecule has 2 aliphatic rings. The summed E-state index contributed by atoms with van der Waals surface area (Å²) < 4.78 is 0. The highest BCUT2D eigenvalue weighted by Gasteiger charge is 2.39. The highest BCUT2D eigenvalue weighted by Crippen LogP contribution is 2.49. The Morgan fingerprint density at radius 2 is 2.00 bits per heavy atom. The van der Waals surface area contributed by atoms with Gasteiger partial charge in [-0.15, -0.1) is 0 Å². The van der Waals surface area contributed by atoms with E-state index in [1.54, 1.807) is 0 Å². The summed E-state index contributed by atoms with van der Waals surface area (Å²) in [6.07, 6.45) is 6.79. The lowest BCUT2D eigenvalue weighted by atomic mass is 9.86. The van der Waals surface area contributed by atoms with E-state index in [0.29, 0.717) is 10.0 Å². The molecule has 0 amide bonds. The Kier molecular flexibility index (Phi) is 2.78. The van der Waals surface area contributed by atoms with E-state index in [-0.39, 0.29) is 0 Å². The van der Waals surface area contributed by atoms with Crippen LogP contribution in [0.4, 0.5) is 0 Å². The first-order chi connectivity index (χ1) is 9.19. The molecule has 2 bridgehead atoms. The third-order valence-corrected chi connectivity index (χ3v) is 5.64. The molecule has 0 spiro atoms. The number of halogens is 2. The van der Waals surface area contributed by atoms with E-state index < -0.39 is 0 Å². The van der Waals surface area contributed by atoms with Gasteiger partial charge in [-0.05, 0) is 49.1 Å². The van der Waals surface area contributed by atoms with Crippen molar-refractivity contribution < 1.29 is 0 Å². The number of nitrogens with zero attached hydrogens (tertiary/aromatic N) is 1. The van der Waals surface area contributed by atoms with Crippen molar-refractivity contribution in [2.75, 3.05) is 0 Å². The molecule has 2 aromatic rings. The van der Waals surface area contributed by atoms with Gasteiger partial charge in [0.2, 0.25) is 0 Å². The first kappa shape index (κ1) is 12.0. The standard InChI is InChI=1S/C15H16Cl2N2/c16-11-6-13-14(7-12(11)17)19-15(18-13)5-10-4-8-1-2-9(10)3-8/h6-10H,1-5H2,(H,18,19). The van der Waals surface area contributed by atoms with Gasteiger partial charge in [0.15, 0.2) is 0 Å². The number of aromatic nitrogens is 2. The zero-order valence-corrected chi connectivity index (χ0v) is 12.1. The van der Waals surface area contributed by atoms with Crippen LogP contribution in [0.2, 0.25) is 10.0 Å². The van der Waals surface area contributed by atoms with Crippen molar-refractivity contribution in [2.24, 2.45) is 17.8 Å². The average molecular weight is 295 g/mol. The van der Waals surface area contributed by atoms with Gasteiger partial charge in [0.05, 0.1) is 21.1 Å². The van der Waals surface area contributed by atoms with Crippen LogP contribution in [-0.2, 0) is 6.42 Å². The van der Waals surface area contributed by atoms with Crippen LogP contribution in [0.25, 0.3) is 11.0 Å². The molecule has 100 valence electrons. The third-order valence-electron chi connectivity index (χ3n) is 4.91. The minimum absolute atomic E-state index is 0.576. The Morgan fingerprint density at radius 3 is 2.74 bits per heavy atom. The van der Waals surface area contributed by atoms with Crippen molar-refractivity contribution in [3.8, 4) is 0 Å². The van der Waals surface area contributed by atoms with E-state index in [4.69, 9.17) is 23.2 Å². The fraction of sp³-hybridized carbons (Fsp3) is 0.533. The van der Waals surface area contributed by atoms with Gasteiger partial charge in [-0.3, -0.25) is 0 Å². The normalized spacial score (nSPS) is 29.5. The van der Waals surface area contributed by atoms with Crippen molar-refractivity contribution in [1.29, 1.82) is 0 Å². The van der Waals surface area contributed by atoms with Gasteiger partial charge >= 0.3 is 0 Å². The Bertz CT molecular complexity index is 595. The zero-order chi connectivity index (χ0) is 13.0. The van der Waals surface area contributed by atoms with Crippen LogP contribution in [0.3, 0.4) is 0 Å². The van der Waals surface area contributed by atoms with E-state index in [0.717, 1.165) is 41.0 Å². The summed E-state index contributed by atoms with van der Waals surface area (Å²) in [5, 5.41) is 1.16. The van der Waals surface area contributed by atoms with Crippen LogP contribution < -0.4 is 0 Å². The number of H-pyrrole nitrogens is 1. The number of aromatic amines is 1. The van der Waals surface area contributed by atoms with Crippen molar-refractivity contribution in [1.82, 2.24) is 9.97 Å². The second-order valence-corrected chi connectivity index (χ2v) is 6.92. The lowest BCUT2D eigenvalue weighted by molar-refractivity contribution is 0.327. The second kappa shape index (κ2) is 4.39. The SMILES string of the molecule is Clc1cc2nc(CC3CC4CCC3C4)[nH]c2cc1Cl. The number of nitrogens with one attached hydrogen (secondary N) is 1. The van der Waals surface area contributed by atoms with Crippen LogP contribution in [0.5, 0.6) is 0 Å². The summed E-state index contributed by atoms with van der Waals surface area (Å²) in [4.78, 5) is 8.06. The van der Waals surface area contributed by atoms with Crippen LogP contribution in [0.1, 0.15) is 31.5 Å². The van der Waals surface area contributed by atoms with Crippen LogP contribution >= 0.6 is 23.2 Å². The van der Waals surface area contributed by atoms with E-state index in [1.165, 1.54) is 25.7 Å². The van der Waals surface area contributed by atoms with Crippen molar-refractivity contribution in [3.63, 3.8) is 0 Å². The molecule has 19 heavy (non-hydrogen) atoms. The molecule has 3 atom stereocenters. The fourth-order valence-corrected chi connectivity index (χ4v) is 4.35. The van der Waals surface area contributed by atoms with Gasteiger partial charge in [-0.1, -0.05) is 29.6 Å². The van der Waals surface area contributed by atoms with Gasteiger partial charge in [0.25, 0.3) is 0 Å². The molecular weight excluding hydrogens is 279 g/mol. The van der Waals surface area contributed by atoms with Gasteiger partial charge in [0, 0.05) is 6.42 Å². The van der Waals surface area contributed by atoms with Crippen molar-refractivity contribution in [2.45, 2.75) is 32.1 Å². The Balaban J connectivity index is 1.61. The first-order valence-electron chi connectivity index (χ1n) is 7.02. The number of imidazole rings is 1. The van der Waals surface area contributed by atoms with Crippen LogP contribution in [-0.4, -0.2) is 9.97 Å². The fourth-order valence-electron chi connectivity index (χ4n) is 4.03. The Hall–Kier alpha value is -0.730. The predicted octanol–water partition coefficient (Wildman–Crippen LogP) is 4.85. The summed E-state index contributed by atoms with van der Waals surface area (Å²) in [6, 6.07) is 3.72. The number of fused-ring (bicyclic) bond motifs is 3. The van der Waals surface area contributed by atoms with Crippen molar-refractivity contribution >= 4 is 34.2 Å². The topological polar surface area (TPSA) is 28.7 Å². The van der Waals surface area contributed by atoms with Gasteiger partial charge in [-0.25, -0.2) is 4.98 Å². The quantitative estimate of drug-likeness (QED) is 0.843. The molecule has 1 aromatic heterocycles. The average Bonchev–Trinajstić information content (AvgIpc) is 3.05. The molecule has 2 fully saturated rings. The highest BCUT2D eigenvalue weighted by molar-refractivity contribution is 6.42. The van der Waals surface area contributed by atoms with E-state index in [9.17, 15) is 0 Å². The number of hydrogen-bond acceptors (Lipinski definition) is 1. The van der Waals surface area contributed by atoms with Gasteiger partial charge in [-0.2, -0.15) is 0 Å². The van der Waals surface area contributed by atoms with E-state index in [1.807, 2.05) is 12.1 Å². The molecule has 2 nitrogen and oxygen atoms in total. The maximum absolute atomic E-state index is 6.04. The van der Waals surface area contributed by atoms with E-state index >= 15 is 0 Å². The zero-order valence-electron chi connectivity index (χ0n) is 10.6. The lowest BCUT2D eigenvalue weighted by Crippen LogP contribution is -2.13. The third kappa shape index (κ3) is 2.05. The van der Waals surface area contributed by atoms with Crippen molar-refractivity contribution in [3.05, 3.63) is 28.0 Å². The Labute approximate surface area is 122 Å². The van der Waals surface area contributed by atoms with Crippen LogP contribution in [0, 0.1) is 17.8 Å². The largest absolute Gasteiger partial charge is 0.342 e. The molecule has 1 N–H and O–H groups in total. The summed E-state index contributed by atoms with van der Waals surface area (Å²) in [5.41, 5.74) is 1.92. The molecule has 3 unspecified atom stereocenters. The minimum Gasteiger partial charge on any atom is -0.342 e. The molecule has 0 radical (unpaired) electrons. The monoisotopic (exact) mass is 294 g/mol.